The zero-order valence-electron chi connectivity index (χ0n) is 16.5. The van der Waals surface area contributed by atoms with Crippen LogP contribution in [0.3, 0.4) is 0 Å². The molecule has 0 saturated carbocycles. The van der Waals surface area contributed by atoms with Crippen molar-refractivity contribution in [1.29, 1.82) is 0 Å². The van der Waals surface area contributed by atoms with Crippen LogP contribution in [0, 0.1) is 5.82 Å². The Morgan fingerprint density at radius 1 is 1.00 bits per heavy atom. The van der Waals surface area contributed by atoms with Gasteiger partial charge in [-0.3, -0.25) is 14.4 Å². The maximum Gasteiger partial charge on any atom is 0.325 e. The summed E-state index contributed by atoms with van der Waals surface area (Å²) in [4.78, 5) is 35.9. The monoisotopic (exact) mass is 448 g/mol. The Bertz CT molecular complexity index is 1080. The minimum Gasteiger partial charge on any atom is -0.456 e. The molecule has 0 atom stereocenters. The van der Waals surface area contributed by atoms with E-state index >= 15 is 0 Å². The van der Waals surface area contributed by atoms with Gasteiger partial charge in [-0.15, -0.1) is 0 Å². The predicted octanol–water partition coefficient (Wildman–Crippen LogP) is 1.77. The SMILES string of the molecule is O=C(CNC(=O)c1ccccc1F)OCC(=O)c1ccc(S(=O)(=O)N2CCCC2)cc1. The average molecular weight is 448 g/mol. The van der Waals surface area contributed by atoms with Crippen LogP contribution in [0.5, 0.6) is 0 Å². The number of hydrogen-bond donors (Lipinski definition) is 1. The third-order valence-corrected chi connectivity index (χ3v) is 6.67. The van der Waals surface area contributed by atoms with Crippen molar-refractivity contribution in [2.24, 2.45) is 0 Å². The molecule has 1 fully saturated rings. The topological polar surface area (TPSA) is 110 Å². The van der Waals surface area contributed by atoms with Gasteiger partial charge in [0.25, 0.3) is 5.91 Å². The van der Waals surface area contributed by atoms with Gasteiger partial charge in [-0.05, 0) is 49.2 Å². The summed E-state index contributed by atoms with van der Waals surface area (Å²) in [6.07, 6.45) is 1.64. The van der Waals surface area contributed by atoms with Crippen LogP contribution < -0.4 is 5.32 Å². The molecule has 164 valence electrons. The van der Waals surface area contributed by atoms with E-state index in [2.05, 4.69) is 5.32 Å². The highest BCUT2D eigenvalue weighted by Gasteiger charge is 2.27. The summed E-state index contributed by atoms with van der Waals surface area (Å²) in [6, 6.07) is 10.7. The number of hydrogen-bond acceptors (Lipinski definition) is 6. The zero-order valence-corrected chi connectivity index (χ0v) is 17.4. The normalized spacial score (nSPS) is 14.2. The number of ether oxygens (including phenoxy) is 1. The van der Waals surface area contributed by atoms with E-state index in [-0.39, 0.29) is 16.0 Å². The highest BCUT2D eigenvalue weighted by atomic mass is 32.2. The molecule has 1 aliphatic heterocycles. The Morgan fingerprint density at radius 2 is 1.65 bits per heavy atom. The van der Waals surface area contributed by atoms with E-state index in [1.807, 2.05) is 0 Å². The van der Waals surface area contributed by atoms with Gasteiger partial charge >= 0.3 is 5.97 Å². The summed E-state index contributed by atoms with van der Waals surface area (Å²) in [5.74, 6) is -2.90. The Morgan fingerprint density at radius 3 is 2.29 bits per heavy atom. The van der Waals surface area contributed by atoms with Crippen molar-refractivity contribution in [3.63, 3.8) is 0 Å². The molecule has 2 aromatic carbocycles. The first-order valence-corrected chi connectivity index (χ1v) is 11.0. The summed E-state index contributed by atoms with van der Waals surface area (Å²) < 4.78 is 44.8. The summed E-state index contributed by atoms with van der Waals surface area (Å²) in [5, 5.41) is 2.22. The largest absolute Gasteiger partial charge is 0.456 e. The molecule has 3 rings (SSSR count). The minimum atomic E-state index is -3.58. The Kier molecular flexibility index (Phi) is 7.13. The van der Waals surface area contributed by atoms with Gasteiger partial charge in [-0.1, -0.05) is 12.1 Å². The van der Waals surface area contributed by atoms with Crippen molar-refractivity contribution in [1.82, 2.24) is 9.62 Å². The molecule has 1 N–H and O–H groups in total. The fourth-order valence-corrected chi connectivity index (χ4v) is 4.58. The molecule has 2 aromatic rings. The molecule has 0 aromatic heterocycles. The van der Waals surface area contributed by atoms with E-state index < -0.39 is 46.7 Å². The minimum absolute atomic E-state index is 0.0961. The van der Waals surface area contributed by atoms with Crippen LogP contribution in [-0.4, -0.2) is 56.6 Å². The number of ketones is 1. The molecule has 0 aliphatic carbocycles. The summed E-state index contributed by atoms with van der Waals surface area (Å²) in [6.45, 7) is -0.154. The zero-order chi connectivity index (χ0) is 22.4. The van der Waals surface area contributed by atoms with Crippen molar-refractivity contribution in [2.75, 3.05) is 26.2 Å². The predicted molar refractivity (Wildman–Crippen MR) is 108 cm³/mol. The lowest BCUT2D eigenvalue weighted by Gasteiger charge is -2.15. The van der Waals surface area contributed by atoms with Crippen molar-refractivity contribution in [2.45, 2.75) is 17.7 Å². The van der Waals surface area contributed by atoms with Crippen LogP contribution in [0.1, 0.15) is 33.6 Å². The van der Waals surface area contributed by atoms with Crippen LogP contribution in [0.4, 0.5) is 4.39 Å². The van der Waals surface area contributed by atoms with Gasteiger partial charge in [-0.25, -0.2) is 12.8 Å². The molecule has 1 amide bonds. The number of Topliss-reactive ketones (excluding diaryl/α,β-unsaturated/α-hetero) is 1. The lowest BCUT2D eigenvalue weighted by molar-refractivity contribution is -0.141. The highest BCUT2D eigenvalue weighted by Crippen LogP contribution is 2.21. The number of sulfonamides is 1. The molecule has 0 spiro atoms. The second-order valence-corrected chi connectivity index (χ2v) is 8.82. The van der Waals surface area contributed by atoms with Crippen LogP contribution in [0.25, 0.3) is 0 Å². The molecule has 8 nitrogen and oxygen atoms in total. The lowest BCUT2D eigenvalue weighted by atomic mass is 10.1. The van der Waals surface area contributed by atoms with E-state index in [1.54, 1.807) is 0 Å². The van der Waals surface area contributed by atoms with Crippen molar-refractivity contribution < 1.29 is 31.9 Å². The summed E-state index contributed by atoms with van der Waals surface area (Å²) >= 11 is 0. The maximum absolute atomic E-state index is 13.5. The summed E-state index contributed by atoms with van der Waals surface area (Å²) in [5.41, 5.74) is -0.0288. The Hall–Kier alpha value is -3.11. The van der Waals surface area contributed by atoms with Crippen molar-refractivity contribution >= 4 is 27.7 Å². The Balaban J connectivity index is 1.49. The second kappa shape index (κ2) is 9.80. The molecule has 1 aliphatic rings. The van der Waals surface area contributed by atoms with Gasteiger partial charge in [0.15, 0.2) is 12.4 Å². The molecule has 10 heteroatoms. The van der Waals surface area contributed by atoms with Crippen molar-refractivity contribution in [3.8, 4) is 0 Å². The second-order valence-electron chi connectivity index (χ2n) is 6.88. The van der Waals surface area contributed by atoms with Gasteiger partial charge < -0.3 is 10.1 Å². The Labute approximate surface area is 179 Å². The number of esters is 1. The number of nitrogens with one attached hydrogen (secondary N) is 1. The lowest BCUT2D eigenvalue weighted by Crippen LogP contribution is -2.32. The fraction of sp³-hybridized carbons (Fsp3) is 0.286. The third kappa shape index (κ3) is 5.53. The number of benzene rings is 2. The molecule has 0 unspecified atom stereocenters. The molecule has 1 heterocycles. The third-order valence-electron chi connectivity index (χ3n) is 4.76. The highest BCUT2D eigenvalue weighted by molar-refractivity contribution is 7.89. The number of carbonyl (C=O) groups is 3. The summed E-state index contributed by atoms with van der Waals surface area (Å²) in [7, 11) is -3.58. The van der Waals surface area contributed by atoms with Crippen LogP contribution in [0.2, 0.25) is 0 Å². The molecule has 31 heavy (non-hydrogen) atoms. The van der Waals surface area contributed by atoms with E-state index in [1.165, 1.54) is 46.8 Å². The molecule has 0 bridgehead atoms. The van der Waals surface area contributed by atoms with Gasteiger partial charge in [-0.2, -0.15) is 4.31 Å². The average Bonchev–Trinajstić information content (AvgIpc) is 3.32. The first-order valence-electron chi connectivity index (χ1n) is 9.61. The van der Waals surface area contributed by atoms with Gasteiger partial charge in [0, 0.05) is 18.7 Å². The number of carbonyl (C=O) groups excluding carboxylic acids is 3. The van der Waals surface area contributed by atoms with E-state index in [0.29, 0.717) is 13.1 Å². The van der Waals surface area contributed by atoms with Gasteiger partial charge in [0.2, 0.25) is 10.0 Å². The van der Waals surface area contributed by atoms with E-state index in [0.717, 1.165) is 18.9 Å². The quantitative estimate of drug-likeness (QED) is 0.487. The number of nitrogens with zero attached hydrogens (tertiary/aromatic N) is 1. The molecule has 0 radical (unpaired) electrons. The van der Waals surface area contributed by atoms with E-state index in [4.69, 9.17) is 4.74 Å². The first kappa shape index (κ1) is 22.6. The molecular formula is C21H21FN2O6S. The standard InChI is InChI=1S/C21H21FN2O6S/c22-18-6-2-1-5-17(18)21(27)23-13-20(26)30-14-19(25)15-7-9-16(10-8-15)31(28,29)24-11-3-4-12-24/h1-2,5-10H,3-4,11-14H2,(H,23,27). The van der Waals surface area contributed by atoms with Crippen molar-refractivity contribution in [3.05, 3.63) is 65.5 Å². The molecule has 1 saturated heterocycles. The molecular weight excluding hydrogens is 427 g/mol. The van der Waals surface area contributed by atoms with Crippen LogP contribution in [0.15, 0.2) is 53.4 Å². The van der Waals surface area contributed by atoms with Crippen LogP contribution >= 0.6 is 0 Å². The maximum atomic E-state index is 13.5. The number of rotatable bonds is 8. The smallest absolute Gasteiger partial charge is 0.325 e. The fourth-order valence-electron chi connectivity index (χ4n) is 3.06. The first-order chi connectivity index (χ1) is 14.8. The van der Waals surface area contributed by atoms with E-state index in [9.17, 15) is 27.2 Å². The van der Waals surface area contributed by atoms with Crippen LogP contribution in [-0.2, 0) is 19.6 Å². The number of amides is 1. The number of halogens is 1. The van der Waals surface area contributed by atoms with Gasteiger partial charge in [0.05, 0.1) is 10.5 Å². The van der Waals surface area contributed by atoms with Gasteiger partial charge in [0.1, 0.15) is 12.4 Å².